The zero-order valence-electron chi connectivity index (χ0n) is 9.34. The molecule has 0 unspecified atom stereocenters. The fraction of sp³-hybridized carbons (Fsp3) is 0.0909. The number of fused-ring (bicyclic) bond motifs is 1. The van der Waals surface area contributed by atoms with E-state index >= 15 is 0 Å². The third kappa shape index (κ3) is 1.71. The summed E-state index contributed by atoms with van der Waals surface area (Å²) in [5.41, 5.74) is 7.11. The number of allylic oxidation sites excluding steroid dienone is 2. The van der Waals surface area contributed by atoms with Crippen LogP contribution in [0.2, 0.25) is 0 Å². The first kappa shape index (κ1) is 10.5. The van der Waals surface area contributed by atoms with E-state index in [9.17, 15) is 0 Å². The smallest absolute Gasteiger partial charge is 0.392 e. The van der Waals surface area contributed by atoms with Gasteiger partial charge in [0.2, 0.25) is 0 Å². The van der Waals surface area contributed by atoms with Crippen LogP contribution in [-0.4, -0.2) is 26.8 Å². The van der Waals surface area contributed by atoms with Crippen LogP contribution in [0.15, 0.2) is 30.6 Å². The number of nitrogen functional groups attached to an aromatic ring is 1. The van der Waals surface area contributed by atoms with Crippen molar-refractivity contribution in [2.75, 3.05) is 5.73 Å². The van der Waals surface area contributed by atoms with Crippen molar-refractivity contribution in [2.45, 2.75) is 6.10 Å². The van der Waals surface area contributed by atoms with E-state index in [-0.39, 0.29) is 5.95 Å². The number of nitrogens with two attached hydrogens (primary N) is 1. The molecule has 5 N–H and O–H groups in total. The SMILES string of the molecule is N=C1C=CC=C[C@H]1Oc1[nH+]c(N)nc2nc[nH]c12. The minimum Gasteiger partial charge on any atom is -0.452 e. The average molecular weight is 243 g/mol. The molecule has 0 aliphatic heterocycles. The van der Waals surface area contributed by atoms with Crippen molar-refractivity contribution in [3.63, 3.8) is 0 Å². The molecule has 3 rings (SSSR count). The minimum absolute atomic E-state index is 0.214. The molecule has 2 heterocycles. The highest BCUT2D eigenvalue weighted by molar-refractivity contribution is 5.99. The van der Waals surface area contributed by atoms with Gasteiger partial charge in [0.15, 0.2) is 11.6 Å². The predicted octanol–water partition coefficient (Wildman–Crippen LogP) is 0.247. The number of nitrogens with zero attached hydrogens (tertiary/aromatic N) is 2. The van der Waals surface area contributed by atoms with Gasteiger partial charge in [0, 0.05) is 0 Å². The lowest BCUT2D eigenvalue weighted by atomic mass is 10.1. The molecule has 0 saturated heterocycles. The topological polar surface area (TPSA) is 115 Å². The van der Waals surface area contributed by atoms with E-state index < -0.39 is 6.10 Å². The number of ether oxygens (including phenoxy) is 1. The maximum absolute atomic E-state index is 7.77. The second-order valence-corrected chi connectivity index (χ2v) is 3.79. The summed E-state index contributed by atoms with van der Waals surface area (Å²) in [5, 5.41) is 7.77. The predicted molar refractivity (Wildman–Crippen MR) is 65.3 cm³/mol. The lowest BCUT2D eigenvalue weighted by Gasteiger charge is -2.15. The molecule has 0 saturated carbocycles. The van der Waals surface area contributed by atoms with Gasteiger partial charge in [-0.05, 0) is 17.1 Å². The molecular formula is C11H11N6O+. The van der Waals surface area contributed by atoms with Crippen LogP contribution in [-0.2, 0) is 0 Å². The van der Waals surface area contributed by atoms with Gasteiger partial charge in [0.05, 0.1) is 12.0 Å². The first-order valence-corrected chi connectivity index (χ1v) is 5.36. The first-order chi connectivity index (χ1) is 8.74. The third-order valence-corrected chi connectivity index (χ3v) is 2.54. The van der Waals surface area contributed by atoms with Gasteiger partial charge in [-0.25, -0.2) is 9.97 Å². The second-order valence-electron chi connectivity index (χ2n) is 3.79. The lowest BCUT2D eigenvalue weighted by molar-refractivity contribution is -0.379. The Morgan fingerprint density at radius 2 is 2.33 bits per heavy atom. The van der Waals surface area contributed by atoms with Crippen LogP contribution in [0.3, 0.4) is 0 Å². The number of imidazole rings is 1. The second kappa shape index (κ2) is 3.95. The normalized spacial score (nSPS) is 18.4. The van der Waals surface area contributed by atoms with Crippen molar-refractivity contribution in [2.24, 2.45) is 0 Å². The molecule has 90 valence electrons. The number of aromatic amines is 2. The van der Waals surface area contributed by atoms with Crippen molar-refractivity contribution in [3.8, 4) is 5.88 Å². The zero-order valence-corrected chi connectivity index (χ0v) is 9.34. The van der Waals surface area contributed by atoms with Gasteiger partial charge in [-0.2, -0.15) is 0 Å². The van der Waals surface area contributed by atoms with E-state index in [0.717, 1.165) is 0 Å². The van der Waals surface area contributed by atoms with Gasteiger partial charge >= 0.3 is 5.95 Å². The van der Waals surface area contributed by atoms with Crippen molar-refractivity contribution in [3.05, 3.63) is 30.6 Å². The summed E-state index contributed by atoms with van der Waals surface area (Å²) in [6.07, 6.45) is 8.16. The van der Waals surface area contributed by atoms with Crippen LogP contribution in [0.25, 0.3) is 11.2 Å². The van der Waals surface area contributed by atoms with E-state index in [2.05, 4.69) is 19.9 Å². The van der Waals surface area contributed by atoms with Crippen LogP contribution in [0.1, 0.15) is 0 Å². The fourth-order valence-corrected chi connectivity index (χ4v) is 1.70. The first-order valence-electron chi connectivity index (χ1n) is 5.36. The highest BCUT2D eigenvalue weighted by Gasteiger charge is 2.20. The number of anilines is 1. The van der Waals surface area contributed by atoms with E-state index in [1.807, 2.05) is 6.08 Å². The van der Waals surface area contributed by atoms with Gasteiger partial charge in [0.25, 0.3) is 11.5 Å². The van der Waals surface area contributed by atoms with Gasteiger partial charge in [0.1, 0.15) is 0 Å². The molecule has 2 aromatic heterocycles. The molecule has 7 heteroatoms. The molecule has 1 aliphatic rings. The maximum atomic E-state index is 7.77. The molecule has 0 radical (unpaired) electrons. The molecule has 0 aromatic carbocycles. The highest BCUT2D eigenvalue weighted by Crippen LogP contribution is 2.18. The van der Waals surface area contributed by atoms with Crippen LogP contribution in [0.5, 0.6) is 5.88 Å². The van der Waals surface area contributed by atoms with Gasteiger partial charge in [-0.15, -0.1) is 0 Å². The summed E-state index contributed by atoms with van der Waals surface area (Å²) >= 11 is 0. The summed E-state index contributed by atoms with van der Waals surface area (Å²) in [6.45, 7) is 0. The summed E-state index contributed by atoms with van der Waals surface area (Å²) in [7, 11) is 0. The van der Waals surface area contributed by atoms with Crippen molar-refractivity contribution >= 4 is 22.8 Å². The number of aromatic nitrogens is 4. The number of nitrogens with one attached hydrogen (secondary N) is 3. The summed E-state index contributed by atoms with van der Waals surface area (Å²) in [6, 6.07) is 0. The molecule has 0 spiro atoms. The molecule has 18 heavy (non-hydrogen) atoms. The third-order valence-electron chi connectivity index (χ3n) is 2.54. The van der Waals surface area contributed by atoms with E-state index in [4.69, 9.17) is 15.9 Å². The lowest BCUT2D eigenvalue weighted by Crippen LogP contribution is -2.28. The van der Waals surface area contributed by atoms with E-state index in [0.29, 0.717) is 22.8 Å². The molecule has 7 nitrogen and oxygen atoms in total. The Bertz CT molecular complexity index is 671. The number of hydrogen-bond acceptors (Lipinski definition) is 5. The van der Waals surface area contributed by atoms with Crippen molar-refractivity contribution < 1.29 is 9.72 Å². The average Bonchev–Trinajstić information content (AvgIpc) is 2.80. The largest absolute Gasteiger partial charge is 0.452 e. The van der Waals surface area contributed by atoms with Crippen LogP contribution in [0.4, 0.5) is 5.95 Å². The Balaban J connectivity index is 1.99. The Morgan fingerprint density at radius 1 is 1.44 bits per heavy atom. The van der Waals surface area contributed by atoms with Crippen molar-refractivity contribution in [1.29, 1.82) is 5.41 Å². The number of H-pyrrole nitrogens is 2. The molecule has 1 aliphatic carbocycles. The summed E-state index contributed by atoms with van der Waals surface area (Å²) in [5.74, 6) is 0.635. The quantitative estimate of drug-likeness (QED) is 0.701. The monoisotopic (exact) mass is 243 g/mol. The Kier molecular flexibility index (Phi) is 2.30. The molecule has 2 aromatic rings. The summed E-state index contributed by atoms with van der Waals surface area (Å²) in [4.78, 5) is 13.8. The Hall–Kier alpha value is -2.70. The Labute approximate surface area is 102 Å². The standard InChI is InChI=1S/C11H10N6O/c12-6-3-1-2-4-7(6)18-10-8-9(15-5-14-8)16-11(13)17-10/h1-5,7,12H,(H3,13,14,15,16,17)/p+1/t7-/m1/s1. The van der Waals surface area contributed by atoms with E-state index in [1.165, 1.54) is 6.33 Å². The van der Waals surface area contributed by atoms with Gasteiger partial charge in [-0.3, -0.25) is 5.73 Å². The Morgan fingerprint density at radius 3 is 3.17 bits per heavy atom. The minimum atomic E-state index is -0.445. The molecule has 0 bridgehead atoms. The zero-order chi connectivity index (χ0) is 12.5. The highest BCUT2D eigenvalue weighted by atomic mass is 16.5. The van der Waals surface area contributed by atoms with Crippen LogP contribution >= 0.6 is 0 Å². The molecule has 0 amide bonds. The summed E-state index contributed by atoms with van der Waals surface area (Å²) < 4.78 is 5.71. The molecule has 1 atom stereocenters. The molecular weight excluding hydrogens is 232 g/mol. The van der Waals surface area contributed by atoms with Gasteiger partial charge in [-0.1, -0.05) is 12.2 Å². The number of rotatable bonds is 2. The van der Waals surface area contributed by atoms with Crippen molar-refractivity contribution in [1.82, 2.24) is 15.0 Å². The number of hydrogen-bond donors (Lipinski definition) is 3. The fourth-order valence-electron chi connectivity index (χ4n) is 1.70. The van der Waals surface area contributed by atoms with Crippen LogP contribution in [0, 0.1) is 5.41 Å². The van der Waals surface area contributed by atoms with Gasteiger partial charge < -0.3 is 15.1 Å². The van der Waals surface area contributed by atoms with Crippen LogP contribution < -0.4 is 15.5 Å². The molecule has 0 fully saturated rings. The maximum Gasteiger partial charge on any atom is 0.392 e. The van der Waals surface area contributed by atoms with E-state index in [1.54, 1.807) is 18.2 Å².